The first kappa shape index (κ1) is 22.2. The molecule has 1 atom stereocenters. The number of Topliss-reactive ketones (excluding diaryl/α,β-unsaturated/α-hetero) is 1. The number of benzene rings is 3. The van der Waals surface area contributed by atoms with Gasteiger partial charge in [-0.15, -0.1) is 0 Å². The normalized spacial score (nSPS) is 18.7. The third-order valence-corrected chi connectivity index (χ3v) is 6.21. The maximum Gasteiger partial charge on any atom is 0.341 e. The minimum atomic E-state index is -1.83. The number of hydrogen-bond donors (Lipinski definition) is 2. The van der Waals surface area contributed by atoms with Gasteiger partial charge in [-0.25, -0.2) is 4.79 Å². The van der Waals surface area contributed by atoms with Crippen LogP contribution in [0, 0.1) is 0 Å². The summed E-state index contributed by atoms with van der Waals surface area (Å²) in [5.74, 6) is -2.00. The predicted octanol–water partition coefficient (Wildman–Crippen LogP) is 3.98. The second-order valence-corrected chi connectivity index (χ2v) is 8.28. The van der Waals surface area contributed by atoms with Crippen LogP contribution in [-0.2, 0) is 31.1 Å². The largest absolute Gasteiger partial charge is 0.457 e. The highest BCUT2D eigenvalue weighted by Crippen LogP contribution is 2.52. The number of carbonyl (C=O) groups is 3. The smallest absolute Gasteiger partial charge is 0.341 e. The fraction of sp³-hybridized carbons (Fsp3) is 0.107. The van der Waals surface area contributed by atoms with Gasteiger partial charge in [-0.2, -0.15) is 0 Å². The first-order valence-corrected chi connectivity index (χ1v) is 11.1. The van der Waals surface area contributed by atoms with Crippen molar-refractivity contribution in [3.63, 3.8) is 0 Å². The van der Waals surface area contributed by atoms with Gasteiger partial charge < -0.3 is 20.5 Å². The Bertz CT molecular complexity index is 1410. The zero-order chi connectivity index (χ0) is 24.6. The summed E-state index contributed by atoms with van der Waals surface area (Å²) >= 11 is 0. The lowest BCUT2D eigenvalue weighted by Crippen LogP contribution is -2.48. The van der Waals surface area contributed by atoms with Crippen LogP contribution in [0.5, 0.6) is 0 Å². The maximum absolute atomic E-state index is 13.8. The Hall–Kier alpha value is -4.65. The van der Waals surface area contributed by atoms with Crippen molar-refractivity contribution in [2.75, 3.05) is 5.32 Å². The van der Waals surface area contributed by atoms with E-state index in [9.17, 15) is 14.4 Å². The summed E-state index contributed by atoms with van der Waals surface area (Å²) in [6, 6.07) is 24.5. The summed E-state index contributed by atoms with van der Waals surface area (Å²) in [5, 5.41) is 2.82. The van der Waals surface area contributed by atoms with Crippen molar-refractivity contribution in [3.05, 3.63) is 124 Å². The highest BCUT2D eigenvalue weighted by Gasteiger charge is 2.61. The summed E-state index contributed by atoms with van der Waals surface area (Å²) < 4.78 is 11.3. The maximum atomic E-state index is 13.8. The molecule has 0 aromatic heterocycles. The Labute approximate surface area is 201 Å². The Morgan fingerprint density at radius 3 is 2.26 bits per heavy atom. The van der Waals surface area contributed by atoms with Crippen molar-refractivity contribution in [2.45, 2.75) is 18.9 Å². The lowest BCUT2D eigenvalue weighted by atomic mass is 9.66. The summed E-state index contributed by atoms with van der Waals surface area (Å²) in [4.78, 5) is 41.2. The molecule has 2 aliphatic rings. The number of carbonyl (C=O) groups excluding carboxylic acids is 3. The lowest BCUT2D eigenvalue weighted by Gasteiger charge is -2.36. The van der Waals surface area contributed by atoms with Crippen molar-refractivity contribution < 1.29 is 23.9 Å². The highest BCUT2D eigenvalue weighted by atomic mass is 16.5. The summed E-state index contributed by atoms with van der Waals surface area (Å²) in [6.07, 6.45) is 0. The molecular weight excluding hydrogens is 444 g/mol. The van der Waals surface area contributed by atoms with E-state index in [1.54, 1.807) is 61.5 Å². The third kappa shape index (κ3) is 3.49. The molecular formula is C28H22N2O5. The van der Waals surface area contributed by atoms with Gasteiger partial charge in [-0.05, 0) is 18.6 Å². The van der Waals surface area contributed by atoms with Crippen molar-refractivity contribution >= 4 is 23.3 Å². The second kappa shape index (κ2) is 8.61. The van der Waals surface area contributed by atoms with Crippen LogP contribution >= 0.6 is 0 Å². The number of amides is 1. The van der Waals surface area contributed by atoms with Crippen molar-refractivity contribution in [3.8, 4) is 0 Å². The predicted molar refractivity (Wildman–Crippen MR) is 129 cm³/mol. The van der Waals surface area contributed by atoms with Crippen LogP contribution < -0.4 is 11.1 Å². The van der Waals surface area contributed by atoms with E-state index >= 15 is 0 Å². The van der Waals surface area contributed by atoms with Gasteiger partial charge in [0.05, 0.1) is 5.57 Å². The van der Waals surface area contributed by atoms with Gasteiger partial charge in [0.2, 0.25) is 11.8 Å². The SMILES string of the molecule is CC1=C(C(=O)c2ccccc2)[C@]2(C(=O)Nc3ccccc32)C(C(=O)OCc2ccccc2)=C(N)O1. The van der Waals surface area contributed by atoms with E-state index in [1.807, 2.05) is 30.3 Å². The van der Waals surface area contributed by atoms with Crippen LogP contribution in [-0.4, -0.2) is 17.7 Å². The van der Waals surface area contributed by atoms with Crippen molar-refractivity contribution in [1.29, 1.82) is 0 Å². The zero-order valence-electron chi connectivity index (χ0n) is 18.9. The summed E-state index contributed by atoms with van der Waals surface area (Å²) in [7, 11) is 0. The van der Waals surface area contributed by atoms with Gasteiger partial charge in [0.15, 0.2) is 5.78 Å². The van der Waals surface area contributed by atoms with Crippen molar-refractivity contribution in [2.24, 2.45) is 5.73 Å². The number of rotatable bonds is 5. The third-order valence-electron chi connectivity index (χ3n) is 6.21. The summed E-state index contributed by atoms with van der Waals surface area (Å²) in [6.45, 7) is 1.52. The monoisotopic (exact) mass is 466 g/mol. The van der Waals surface area contributed by atoms with Gasteiger partial charge in [0.25, 0.3) is 0 Å². The van der Waals surface area contributed by atoms with Crippen LogP contribution in [0.25, 0.3) is 0 Å². The molecule has 5 rings (SSSR count). The van der Waals surface area contributed by atoms with Gasteiger partial charge in [-0.1, -0.05) is 78.9 Å². The van der Waals surface area contributed by atoms with Crippen LogP contribution in [0.3, 0.4) is 0 Å². The van der Waals surface area contributed by atoms with E-state index in [0.717, 1.165) is 5.56 Å². The molecule has 7 nitrogen and oxygen atoms in total. The zero-order valence-corrected chi connectivity index (χ0v) is 18.9. The number of ether oxygens (including phenoxy) is 2. The number of nitrogens with one attached hydrogen (secondary N) is 1. The molecule has 1 amide bonds. The number of nitrogens with two attached hydrogens (primary N) is 1. The number of hydrogen-bond acceptors (Lipinski definition) is 6. The molecule has 0 bridgehead atoms. The number of fused-ring (bicyclic) bond motifs is 2. The van der Waals surface area contributed by atoms with E-state index in [0.29, 0.717) is 16.8 Å². The highest BCUT2D eigenvalue weighted by molar-refractivity contribution is 6.25. The molecule has 1 spiro atoms. The number of esters is 1. The Morgan fingerprint density at radius 1 is 0.914 bits per heavy atom. The first-order chi connectivity index (χ1) is 16.9. The van der Waals surface area contributed by atoms with E-state index in [2.05, 4.69) is 5.32 Å². The molecule has 0 saturated carbocycles. The average molecular weight is 466 g/mol. The van der Waals surface area contributed by atoms with Crippen LogP contribution in [0.15, 0.2) is 108 Å². The van der Waals surface area contributed by atoms with E-state index in [4.69, 9.17) is 15.2 Å². The molecule has 3 N–H and O–H groups in total. The quantitative estimate of drug-likeness (QED) is 0.435. The first-order valence-electron chi connectivity index (χ1n) is 11.1. The van der Waals surface area contributed by atoms with Crippen LogP contribution in [0.2, 0.25) is 0 Å². The van der Waals surface area contributed by atoms with Crippen LogP contribution in [0.4, 0.5) is 5.69 Å². The van der Waals surface area contributed by atoms with E-state index in [-0.39, 0.29) is 29.4 Å². The molecule has 3 aromatic carbocycles. The second-order valence-electron chi connectivity index (χ2n) is 8.28. The molecule has 0 saturated heterocycles. The van der Waals surface area contributed by atoms with Gasteiger partial charge >= 0.3 is 5.97 Å². The van der Waals surface area contributed by atoms with Crippen LogP contribution in [0.1, 0.15) is 28.4 Å². The standard InChI is InChI=1S/C28H22N2O5/c1-17-22(24(31)19-12-6-3-7-13-19)28(20-14-8-9-15-21(20)30-27(28)33)23(25(29)35-17)26(32)34-16-18-10-4-2-5-11-18/h2-15H,16,29H2,1H3,(H,30,33)/t28-/m0/s1. The van der Waals surface area contributed by atoms with Crippen molar-refractivity contribution in [1.82, 2.24) is 0 Å². The van der Waals surface area contributed by atoms with E-state index in [1.165, 1.54) is 0 Å². The molecule has 174 valence electrons. The molecule has 0 aliphatic carbocycles. The molecule has 0 fully saturated rings. The van der Waals surface area contributed by atoms with E-state index < -0.39 is 23.1 Å². The number of para-hydroxylation sites is 1. The molecule has 2 heterocycles. The molecule has 3 aromatic rings. The Kier molecular flexibility index (Phi) is 5.45. The molecule has 35 heavy (non-hydrogen) atoms. The minimum absolute atomic E-state index is 0.0204. The lowest BCUT2D eigenvalue weighted by molar-refractivity contribution is -0.142. The van der Waals surface area contributed by atoms with Gasteiger partial charge in [0.1, 0.15) is 23.4 Å². The van der Waals surface area contributed by atoms with Gasteiger partial charge in [0, 0.05) is 16.8 Å². The van der Waals surface area contributed by atoms with Gasteiger partial charge in [-0.3, -0.25) is 9.59 Å². The molecule has 0 unspecified atom stereocenters. The Balaban J connectivity index is 1.68. The Morgan fingerprint density at radius 2 is 1.54 bits per heavy atom. The summed E-state index contributed by atoms with van der Waals surface area (Å²) in [5.41, 5.74) is 6.23. The average Bonchev–Trinajstić information content (AvgIpc) is 3.15. The number of anilines is 1. The number of ketones is 1. The molecule has 0 radical (unpaired) electrons. The fourth-order valence-electron chi connectivity index (χ4n) is 4.71. The minimum Gasteiger partial charge on any atom is -0.457 e. The molecule has 2 aliphatic heterocycles. The topological polar surface area (TPSA) is 108 Å². The fourth-order valence-corrected chi connectivity index (χ4v) is 4.71. The molecule has 7 heteroatoms. The number of allylic oxidation sites excluding steroid dienone is 1.